The Morgan fingerprint density at radius 3 is 2.68 bits per heavy atom. The summed E-state index contributed by atoms with van der Waals surface area (Å²) in [5, 5.41) is 4.16. The summed E-state index contributed by atoms with van der Waals surface area (Å²) >= 11 is 0. The molecule has 1 aromatic heterocycles. The van der Waals surface area contributed by atoms with Crippen LogP contribution >= 0.6 is 0 Å². The molecule has 0 unspecified atom stereocenters. The summed E-state index contributed by atoms with van der Waals surface area (Å²) in [5.74, 6) is 0.998. The Labute approximate surface area is 199 Å². The monoisotopic (exact) mass is 462 g/mol. The van der Waals surface area contributed by atoms with Gasteiger partial charge in [0.05, 0.1) is 11.1 Å². The molecule has 7 heteroatoms. The summed E-state index contributed by atoms with van der Waals surface area (Å²) in [5.41, 5.74) is 2.60. The first-order chi connectivity index (χ1) is 16.3. The standard InChI is InChI=1S/C27H31FN4O2/c1-17-5-7-20(34-16-19-9-12-32(19)4)14-22(17)26(33)30-27(10-11-27)23-15-25(31(2)3)29-24-13-18(28)6-8-21(23)24/h5-8,13-15,19H,9-12,16H2,1-4H3,(H,30,33)/t19-/m0/s1. The number of carbonyl (C=O) groups is 1. The number of aryl methyl sites for hydroxylation is 1. The minimum Gasteiger partial charge on any atom is -0.492 e. The molecule has 1 saturated carbocycles. The zero-order valence-electron chi connectivity index (χ0n) is 20.2. The van der Waals surface area contributed by atoms with Crippen molar-refractivity contribution >= 4 is 22.6 Å². The van der Waals surface area contributed by atoms with Crippen molar-refractivity contribution in [3.05, 3.63) is 65.0 Å². The summed E-state index contributed by atoms with van der Waals surface area (Å²) in [6, 6.07) is 12.8. The van der Waals surface area contributed by atoms with Crippen LogP contribution in [0.5, 0.6) is 5.75 Å². The number of fused-ring (bicyclic) bond motifs is 1. The van der Waals surface area contributed by atoms with Gasteiger partial charge in [-0.15, -0.1) is 0 Å². The van der Waals surface area contributed by atoms with Gasteiger partial charge in [-0.05, 0) is 81.2 Å². The fourth-order valence-electron chi connectivity index (χ4n) is 4.59. The van der Waals surface area contributed by atoms with Crippen molar-refractivity contribution in [1.29, 1.82) is 0 Å². The number of likely N-dealkylation sites (N-methyl/N-ethyl adjacent to an activating group) is 1. The number of hydrogen-bond donors (Lipinski definition) is 1. The Morgan fingerprint density at radius 1 is 1.24 bits per heavy atom. The molecule has 0 radical (unpaired) electrons. The van der Waals surface area contributed by atoms with Crippen LogP contribution in [0.1, 0.15) is 40.7 Å². The SMILES string of the molecule is Cc1ccc(OC[C@@H]2CCN2C)cc1C(=O)NC1(c2cc(N(C)C)nc3cc(F)ccc23)CC1. The van der Waals surface area contributed by atoms with Gasteiger partial charge in [0.15, 0.2) is 0 Å². The number of anilines is 1. The largest absolute Gasteiger partial charge is 0.492 e. The van der Waals surface area contributed by atoms with Crippen molar-refractivity contribution in [2.24, 2.45) is 0 Å². The van der Waals surface area contributed by atoms with Gasteiger partial charge in [-0.1, -0.05) is 6.07 Å². The number of pyridine rings is 1. The molecule has 1 saturated heterocycles. The number of amides is 1. The molecule has 1 amide bonds. The molecule has 6 nitrogen and oxygen atoms in total. The number of ether oxygens (including phenoxy) is 1. The molecule has 34 heavy (non-hydrogen) atoms. The van der Waals surface area contributed by atoms with Crippen LogP contribution in [-0.2, 0) is 5.54 Å². The van der Waals surface area contributed by atoms with Crippen molar-refractivity contribution in [2.45, 2.75) is 37.8 Å². The highest BCUT2D eigenvalue weighted by Crippen LogP contribution is 2.49. The second kappa shape index (κ2) is 8.55. The second-order valence-electron chi connectivity index (χ2n) is 9.83. The van der Waals surface area contributed by atoms with Crippen LogP contribution < -0.4 is 15.0 Å². The number of aromatic nitrogens is 1. The van der Waals surface area contributed by atoms with E-state index in [0.717, 1.165) is 48.1 Å². The van der Waals surface area contributed by atoms with Gasteiger partial charge < -0.3 is 15.0 Å². The lowest BCUT2D eigenvalue weighted by Crippen LogP contribution is -2.48. The van der Waals surface area contributed by atoms with Crippen molar-refractivity contribution < 1.29 is 13.9 Å². The summed E-state index contributed by atoms with van der Waals surface area (Å²) in [7, 11) is 5.91. The Morgan fingerprint density at radius 2 is 2.03 bits per heavy atom. The minimum absolute atomic E-state index is 0.125. The van der Waals surface area contributed by atoms with Crippen molar-refractivity contribution in [2.75, 3.05) is 39.2 Å². The lowest BCUT2D eigenvalue weighted by molar-refractivity contribution is 0.0767. The molecule has 1 aliphatic carbocycles. The minimum atomic E-state index is -0.487. The molecular weight excluding hydrogens is 431 g/mol. The lowest BCUT2D eigenvalue weighted by atomic mass is 9.98. The maximum atomic E-state index is 13.9. The second-order valence-corrected chi connectivity index (χ2v) is 9.83. The number of benzene rings is 2. The van der Waals surface area contributed by atoms with Crippen LogP contribution in [0.25, 0.3) is 10.9 Å². The summed E-state index contributed by atoms with van der Waals surface area (Å²) in [6.07, 6.45) is 2.79. The van der Waals surface area contributed by atoms with Gasteiger partial charge in [-0.25, -0.2) is 9.37 Å². The van der Waals surface area contributed by atoms with Crippen LogP contribution in [0.15, 0.2) is 42.5 Å². The third kappa shape index (κ3) is 4.20. The molecule has 5 rings (SSSR count). The van der Waals surface area contributed by atoms with E-state index in [4.69, 9.17) is 4.74 Å². The van der Waals surface area contributed by atoms with Gasteiger partial charge in [0.25, 0.3) is 5.91 Å². The molecule has 2 aromatic carbocycles. The van der Waals surface area contributed by atoms with Crippen LogP contribution in [0, 0.1) is 12.7 Å². The van der Waals surface area contributed by atoms with E-state index in [1.807, 2.05) is 50.2 Å². The molecule has 2 aliphatic rings. The summed E-state index contributed by atoms with van der Waals surface area (Å²) < 4.78 is 19.9. The molecule has 0 spiro atoms. The highest BCUT2D eigenvalue weighted by molar-refractivity contribution is 5.97. The number of rotatable bonds is 7. The number of hydrogen-bond acceptors (Lipinski definition) is 5. The van der Waals surface area contributed by atoms with Gasteiger partial charge >= 0.3 is 0 Å². The molecule has 1 aliphatic heterocycles. The predicted octanol–water partition coefficient (Wildman–Crippen LogP) is 4.25. The van der Waals surface area contributed by atoms with E-state index in [1.54, 1.807) is 6.07 Å². The van der Waals surface area contributed by atoms with E-state index in [9.17, 15) is 9.18 Å². The Bertz CT molecular complexity index is 1250. The molecule has 0 bridgehead atoms. The van der Waals surface area contributed by atoms with Gasteiger partial charge in [0.1, 0.15) is 24.0 Å². The third-order valence-electron chi connectivity index (χ3n) is 7.17. The van der Waals surface area contributed by atoms with Crippen molar-refractivity contribution in [1.82, 2.24) is 15.2 Å². The topological polar surface area (TPSA) is 57.7 Å². The fraction of sp³-hybridized carbons (Fsp3) is 0.407. The fourth-order valence-corrected chi connectivity index (χ4v) is 4.59. The van der Waals surface area contributed by atoms with E-state index in [-0.39, 0.29) is 11.7 Å². The Hall–Kier alpha value is -3.19. The average Bonchev–Trinajstić information content (AvgIpc) is 3.58. The number of carbonyl (C=O) groups excluding carboxylic acids is 1. The van der Waals surface area contributed by atoms with Crippen molar-refractivity contribution in [3.63, 3.8) is 0 Å². The predicted molar refractivity (Wildman–Crippen MR) is 132 cm³/mol. The van der Waals surface area contributed by atoms with Crippen LogP contribution in [0.2, 0.25) is 0 Å². The highest BCUT2D eigenvalue weighted by atomic mass is 19.1. The maximum Gasteiger partial charge on any atom is 0.252 e. The van der Waals surface area contributed by atoms with Crippen LogP contribution in [0.4, 0.5) is 10.2 Å². The van der Waals surface area contributed by atoms with E-state index in [2.05, 4.69) is 22.2 Å². The number of halogens is 1. The number of likely N-dealkylation sites (tertiary alicyclic amines) is 1. The highest BCUT2D eigenvalue weighted by Gasteiger charge is 2.47. The van der Waals surface area contributed by atoms with E-state index < -0.39 is 5.54 Å². The van der Waals surface area contributed by atoms with Crippen molar-refractivity contribution in [3.8, 4) is 5.75 Å². The van der Waals surface area contributed by atoms with E-state index >= 15 is 0 Å². The normalized spacial score (nSPS) is 18.9. The molecule has 3 aromatic rings. The summed E-state index contributed by atoms with van der Waals surface area (Å²) in [4.78, 5) is 22.2. The Balaban J connectivity index is 1.42. The van der Waals surface area contributed by atoms with E-state index in [0.29, 0.717) is 29.5 Å². The maximum absolute atomic E-state index is 13.9. The Kier molecular flexibility index (Phi) is 5.68. The van der Waals surface area contributed by atoms with Gasteiger partial charge in [-0.3, -0.25) is 9.69 Å². The first kappa shape index (κ1) is 22.6. The lowest BCUT2D eigenvalue weighted by Gasteiger charge is -2.37. The molecule has 2 fully saturated rings. The van der Waals surface area contributed by atoms with E-state index in [1.165, 1.54) is 12.1 Å². The number of nitrogens with one attached hydrogen (secondary N) is 1. The zero-order valence-corrected chi connectivity index (χ0v) is 20.2. The third-order valence-corrected chi connectivity index (χ3v) is 7.17. The van der Waals surface area contributed by atoms with Gasteiger partial charge in [0.2, 0.25) is 0 Å². The molecule has 1 N–H and O–H groups in total. The smallest absolute Gasteiger partial charge is 0.252 e. The summed E-state index contributed by atoms with van der Waals surface area (Å²) in [6.45, 7) is 3.66. The molecule has 2 heterocycles. The molecule has 178 valence electrons. The van der Waals surface area contributed by atoms with Crippen LogP contribution in [0.3, 0.4) is 0 Å². The quantitative estimate of drug-likeness (QED) is 0.569. The first-order valence-electron chi connectivity index (χ1n) is 11.8. The van der Waals surface area contributed by atoms with Crippen LogP contribution in [-0.4, -0.2) is 56.1 Å². The number of nitrogens with zero attached hydrogens (tertiary/aromatic N) is 3. The molecular formula is C27H31FN4O2. The zero-order chi connectivity index (χ0) is 24.0. The van der Waals surface area contributed by atoms with Gasteiger partial charge in [0, 0.05) is 37.2 Å². The van der Waals surface area contributed by atoms with Gasteiger partial charge in [-0.2, -0.15) is 0 Å². The molecule has 1 atom stereocenters. The average molecular weight is 463 g/mol. The first-order valence-corrected chi connectivity index (χ1v) is 11.8.